The summed E-state index contributed by atoms with van der Waals surface area (Å²) in [7, 11) is 2.09. The van der Waals surface area contributed by atoms with E-state index in [1.165, 1.54) is 31.7 Å². The molecule has 0 aromatic heterocycles. The molecule has 0 amide bonds. The van der Waals surface area contributed by atoms with Crippen molar-refractivity contribution < 1.29 is 4.39 Å². The summed E-state index contributed by atoms with van der Waals surface area (Å²) >= 11 is 0. The van der Waals surface area contributed by atoms with Crippen LogP contribution in [0.15, 0.2) is 24.3 Å². The Balaban J connectivity index is 1.68. The van der Waals surface area contributed by atoms with E-state index in [1.807, 2.05) is 6.07 Å². The van der Waals surface area contributed by atoms with Crippen LogP contribution in [0, 0.1) is 11.7 Å². The lowest BCUT2D eigenvalue weighted by Gasteiger charge is -2.30. The van der Waals surface area contributed by atoms with Gasteiger partial charge in [0.1, 0.15) is 5.82 Å². The standard InChI is InChI=1S/C17H27FN2/c1-14-6-3-4-9-17(14)19-10-11-20(2)13-15-7-5-8-16(18)12-15/h5,7-8,12,14,17,19H,3-4,6,9-11,13H2,1-2H3. The van der Waals surface area contributed by atoms with Gasteiger partial charge in [0.2, 0.25) is 0 Å². The van der Waals surface area contributed by atoms with Crippen LogP contribution in [0.3, 0.4) is 0 Å². The van der Waals surface area contributed by atoms with Crippen molar-refractivity contribution in [2.75, 3.05) is 20.1 Å². The molecule has 1 fully saturated rings. The minimum absolute atomic E-state index is 0.148. The van der Waals surface area contributed by atoms with Gasteiger partial charge in [-0.05, 0) is 43.5 Å². The number of nitrogens with one attached hydrogen (secondary N) is 1. The highest BCUT2D eigenvalue weighted by molar-refractivity contribution is 5.15. The summed E-state index contributed by atoms with van der Waals surface area (Å²) in [6, 6.07) is 7.56. The molecule has 112 valence electrons. The van der Waals surface area contributed by atoms with Crippen LogP contribution in [0.4, 0.5) is 4.39 Å². The van der Waals surface area contributed by atoms with Crippen LogP contribution in [0.1, 0.15) is 38.2 Å². The molecule has 1 saturated carbocycles. The van der Waals surface area contributed by atoms with Crippen LogP contribution in [0.25, 0.3) is 0 Å². The zero-order chi connectivity index (χ0) is 14.4. The summed E-state index contributed by atoms with van der Waals surface area (Å²) in [5.41, 5.74) is 1.04. The van der Waals surface area contributed by atoms with Gasteiger partial charge in [-0.1, -0.05) is 31.9 Å². The molecule has 0 saturated heterocycles. The quantitative estimate of drug-likeness (QED) is 0.857. The normalized spacial score (nSPS) is 23.2. The van der Waals surface area contributed by atoms with E-state index in [2.05, 4.69) is 24.2 Å². The van der Waals surface area contributed by atoms with Crippen molar-refractivity contribution in [1.82, 2.24) is 10.2 Å². The van der Waals surface area contributed by atoms with Crippen molar-refractivity contribution in [2.24, 2.45) is 5.92 Å². The predicted octanol–water partition coefficient (Wildman–Crippen LogP) is 3.43. The smallest absolute Gasteiger partial charge is 0.123 e. The third-order valence-corrected chi connectivity index (χ3v) is 4.35. The Morgan fingerprint density at radius 2 is 2.10 bits per heavy atom. The maximum Gasteiger partial charge on any atom is 0.123 e. The van der Waals surface area contributed by atoms with E-state index in [0.29, 0.717) is 6.04 Å². The first-order chi connectivity index (χ1) is 9.65. The molecule has 0 aliphatic heterocycles. The molecule has 2 rings (SSSR count). The molecule has 0 heterocycles. The molecule has 0 radical (unpaired) electrons. The number of halogens is 1. The van der Waals surface area contributed by atoms with Crippen molar-refractivity contribution in [3.63, 3.8) is 0 Å². The first kappa shape index (κ1) is 15.5. The van der Waals surface area contributed by atoms with Crippen LogP contribution < -0.4 is 5.32 Å². The molecule has 2 unspecified atom stereocenters. The van der Waals surface area contributed by atoms with Gasteiger partial charge in [0.25, 0.3) is 0 Å². The first-order valence-corrected chi connectivity index (χ1v) is 7.81. The van der Waals surface area contributed by atoms with Crippen molar-refractivity contribution in [1.29, 1.82) is 0 Å². The van der Waals surface area contributed by atoms with Crippen molar-refractivity contribution in [3.05, 3.63) is 35.6 Å². The summed E-state index contributed by atoms with van der Waals surface area (Å²) in [6.07, 6.45) is 5.42. The summed E-state index contributed by atoms with van der Waals surface area (Å²) in [4.78, 5) is 2.25. The van der Waals surface area contributed by atoms with Crippen LogP contribution in [0.2, 0.25) is 0 Å². The number of nitrogens with zero attached hydrogens (tertiary/aromatic N) is 1. The van der Waals surface area contributed by atoms with Gasteiger partial charge < -0.3 is 10.2 Å². The molecule has 2 atom stereocenters. The topological polar surface area (TPSA) is 15.3 Å². The highest BCUT2D eigenvalue weighted by Gasteiger charge is 2.20. The van der Waals surface area contributed by atoms with Crippen LogP contribution >= 0.6 is 0 Å². The van der Waals surface area contributed by atoms with Gasteiger partial charge >= 0.3 is 0 Å². The maximum absolute atomic E-state index is 13.1. The number of hydrogen-bond acceptors (Lipinski definition) is 2. The Kier molecular flexibility index (Phi) is 5.99. The Hall–Kier alpha value is -0.930. The second-order valence-electron chi connectivity index (χ2n) is 6.19. The third kappa shape index (κ3) is 4.88. The largest absolute Gasteiger partial charge is 0.312 e. The first-order valence-electron chi connectivity index (χ1n) is 7.81. The van der Waals surface area contributed by atoms with Gasteiger partial charge in [-0.25, -0.2) is 4.39 Å². The highest BCUT2D eigenvalue weighted by atomic mass is 19.1. The molecule has 1 aliphatic rings. The molecule has 1 N–H and O–H groups in total. The third-order valence-electron chi connectivity index (χ3n) is 4.35. The summed E-state index contributed by atoms with van der Waals surface area (Å²) in [5, 5.41) is 3.68. The second kappa shape index (κ2) is 7.75. The zero-order valence-electron chi connectivity index (χ0n) is 12.7. The van der Waals surface area contributed by atoms with Gasteiger partial charge in [-0.3, -0.25) is 0 Å². The average molecular weight is 278 g/mol. The van der Waals surface area contributed by atoms with Gasteiger partial charge in [-0.15, -0.1) is 0 Å². The van der Waals surface area contributed by atoms with E-state index in [1.54, 1.807) is 12.1 Å². The van der Waals surface area contributed by atoms with Crippen LogP contribution in [-0.2, 0) is 6.54 Å². The molecule has 1 aliphatic carbocycles. The van der Waals surface area contributed by atoms with Gasteiger partial charge in [0.15, 0.2) is 0 Å². The lowest BCUT2D eigenvalue weighted by molar-refractivity contribution is 0.258. The SMILES string of the molecule is CC1CCCCC1NCCN(C)Cc1cccc(F)c1. The summed E-state index contributed by atoms with van der Waals surface area (Å²) in [6.45, 7) is 5.17. The Bertz CT molecular complexity index is 408. The van der Waals surface area contributed by atoms with E-state index in [-0.39, 0.29) is 5.82 Å². The van der Waals surface area contributed by atoms with E-state index in [0.717, 1.165) is 31.1 Å². The van der Waals surface area contributed by atoms with Crippen molar-refractivity contribution >= 4 is 0 Å². The minimum Gasteiger partial charge on any atom is -0.312 e. The number of benzene rings is 1. The number of rotatable bonds is 6. The van der Waals surface area contributed by atoms with Crippen LogP contribution in [0.5, 0.6) is 0 Å². The van der Waals surface area contributed by atoms with Gasteiger partial charge in [-0.2, -0.15) is 0 Å². The predicted molar refractivity (Wildman–Crippen MR) is 82.2 cm³/mol. The zero-order valence-corrected chi connectivity index (χ0v) is 12.7. The van der Waals surface area contributed by atoms with Gasteiger partial charge in [0, 0.05) is 25.7 Å². The molecule has 3 heteroatoms. The van der Waals surface area contributed by atoms with Crippen LogP contribution in [-0.4, -0.2) is 31.1 Å². The van der Waals surface area contributed by atoms with Crippen molar-refractivity contribution in [2.45, 2.75) is 45.2 Å². The molecule has 2 nitrogen and oxygen atoms in total. The minimum atomic E-state index is -0.148. The summed E-state index contributed by atoms with van der Waals surface area (Å²) < 4.78 is 13.1. The molecular weight excluding hydrogens is 251 g/mol. The lowest BCUT2D eigenvalue weighted by Crippen LogP contribution is -2.40. The fourth-order valence-corrected chi connectivity index (χ4v) is 3.09. The average Bonchev–Trinajstić information content (AvgIpc) is 2.41. The van der Waals surface area contributed by atoms with E-state index >= 15 is 0 Å². The van der Waals surface area contributed by atoms with E-state index in [9.17, 15) is 4.39 Å². The summed E-state index contributed by atoms with van der Waals surface area (Å²) in [5.74, 6) is 0.655. The van der Waals surface area contributed by atoms with Gasteiger partial charge in [0.05, 0.1) is 0 Å². The second-order valence-corrected chi connectivity index (χ2v) is 6.19. The monoisotopic (exact) mass is 278 g/mol. The molecule has 1 aromatic carbocycles. The van der Waals surface area contributed by atoms with Crippen molar-refractivity contribution in [3.8, 4) is 0 Å². The lowest BCUT2D eigenvalue weighted by atomic mass is 9.86. The number of hydrogen-bond donors (Lipinski definition) is 1. The Morgan fingerprint density at radius 3 is 2.85 bits per heavy atom. The molecular formula is C17H27FN2. The fourth-order valence-electron chi connectivity index (χ4n) is 3.09. The number of likely N-dealkylation sites (N-methyl/N-ethyl adjacent to an activating group) is 1. The Labute approximate surface area is 122 Å². The van der Waals surface area contributed by atoms with E-state index in [4.69, 9.17) is 0 Å². The molecule has 0 bridgehead atoms. The fraction of sp³-hybridized carbons (Fsp3) is 0.647. The maximum atomic E-state index is 13.1. The molecule has 20 heavy (non-hydrogen) atoms. The highest BCUT2D eigenvalue weighted by Crippen LogP contribution is 2.23. The molecule has 0 spiro atoms. The van der Waals surface area contributed by atoms with E-state index < -0.39 is 0 Å². The molecule has 1 aromatic rings. The Morgan fingerprint density at radius 1 is 1.30 bits per heavy atom.